The molecule has 1 aliphatic heterocycles. The third-order valence-corrected chi connectivity index (χ3v) is 5.89. The fourth-order valence-corrected chi connectivity index (χ4v) is 4.77. The summed E-state index contributed by atoms with van der Waals surface area (Å²) in [5, 5.41) is 13.2. The summed E-state index contributed by atoms with van der Waals surface area (Å²) < 4.78 is 11.9. The van der Waals surface area contributed by atoms with Crippen molar-refractivity contribution in [2.45, 2.75) is 18.4 Å². The first-order chi connectivity index (χ1) is 13.0. The van der Waals surface area contributed by atoms with Crippen molar-refractivity contribution in [3.63, 3.8) is 0 Å². The van der Waals surface area contributed by atoms with Crippen molar-refractivity contribution in [2.24, 2.45) is 5.92 Å². The number of nitrogens with one attached hydrogen (secondary N) is 1. The standard InChI is InChI=1S/C21H20BrNO4/c1-26-17-8-4-7-14(20(17)27-2)18-13-6-3-5-12(13)15-9-11(22)10-16(21(24)25)19(15)23-18/h3-5,7-10,12-13,18,23H,6H2,1-2H3,(H,24,25)/t12-,13+,18+/m0/s1. The van der Waals surface area contributed by atoms with Crippen LogP contribution in [0.3, 0.4) is 0 Å². The normalized spacial score (nSPS) is 22.6. The average molecular weight is 430 g/mol. The molecule has 0 bridgehead atoms. The van der Waals surface area contributed by atoms with E-state index in [2.05, 4.69) is 33.4 Å². The van der Waals surface area contributed by atoms with Crippen molar-refractivity contribution in [2.75, 3.05) is 19.5 Å². The summed E-state index contributed by atoms with van der Waals surface area (Å²) in [5.41, 5.74) is 2.93. The van der Waals surface area contributed by atoms with Gasteiger partial charge in [-0.1, -0.05) is 40.2 Å². The molecule has 6 heteroatoms. The Hall–Kier alpha value is -2.47. The smallest absolute Gasteiger partial charge is 0.337 e. The van der Waals surface area contributed by atoms with Crippen LogP contribution in [0.1, 0.15) is 39.9 Å². The van der Waals surface area contributed by atoms with Gasteiger partial charge in [0.1, 0.15) is 0 Å². The molecule has 1 aliphatic carbocycles. The molecule has 2 aliphatic rings. The largest absolute Gasteiger partial charge is 0.493 e. The van der Waals surface area contributed by atoms with E-state index in [1.165, 1.54) is 0 Å². The number of hydrogen-bond donors (Lipinski definition) is 2. The number of carboxylic acids is 1. The zero-order valence-electron chi connectivity index (χ0n) is 15.0. The Morgan fingerprint density at radius 2 is 2.04 bits per heavy atom. The van der Waals surface area contributed by atoms with Crippen LogP contribution in [0, 0.1) is 5.92 Å². The maximum absolute atomic E-state index is 11.9. The van der Waals surface area contributed by atoms with E-state index < -0.39 is 5.97 Å². The molecular weight excluding hydrogens is 410 g/mol. The van der Waals surface area contributed by atoms with Crippen LogP contribution in [-0.4, -0.2) is 25.3 Å². The minimum absolute atomic E-state index is 0.0816. The first-order valence-electron chi connectivity index (χ1n) is 8.76. The van der Waals surface area contributed by atoms with E-state index >= 15 is 0 Å². The minimum Gasteiger partial charge on any atom is -0.493 e. The van der Waals surface area contributed by atoms with E-state index in [0.29, 0.717) is 17.2 Å². The lowest BCUT2D eigenvalue weighted by molar-refractivity contribution is 0.0697. The Morgan fingerprint density at radius 3 is 2.74 bits per heavy atom. The van der Waals surface area contributed by atoms with Gasteiger partial charge in [0.05, 0.1) is 31.5 Å². The van der Waals surface area contributed by atoms with Gasteiger partial charge < -0.3 is 19.9 Å². The van der Waals surface area contributed by atoms with Gasteiger partial charge in [-0.05, 0) is 36.1 Å². The van der Waals surface area contributed by atoms with E-state index in [0.717, 1.165) is 22.0 Å². The van der Waals surface area contributed by atoms with E-state index in [1.54, 1.807) is 20.3 Å². The monoisotopic (exact) mass is 429 g/mol. The zero-order valence-corrected chi connectivity index (χ0v) is 16.6. The number of methoxy groups -OCH3 is 2. The SMILES string of the molecule is COc1cccc([C@@H]2Nc3c(C(=O)O)cc(Br)cc3[C@H]3C=CC[C@H]32)c1OC. The number of aromatic carboxylic acids is 1. The third-order valence-electron chi connectivity index (χ3n) is 5.43. The van der Waals surface area contributed by atoms with Gasteiger partial charge in [0.15, 0.2) is 11.5 Å². The summed E-state index contributed by atoms with van der Waals surface area (Å²) in [5.74, 6) is 0.823. The zero-order chi connectivity index (χ0) is 19.1. The number of para-hydroxylation sites is 1. The summed E-state index contributed by atoms with van der Waals surface area (Å²) in [4.78, 5) is 11.9. The minimum atomic E-state index is -0.947. The number of hydrogen-bond acceptors (Lipinski definition) is 4. The molecule has 3 atom stereocenters. The van der Waals surface area contributed by atoms with Crippen LogP contribution in [0.2, 0.25) is 0 Å². The summed E-state index contributed by atoms with van der Waals surface area (Å²) in [7, 11) is 3.24. The van der Waals surface area contributed by atoms with Gasteiger partial charge in [-0.2, -0.15) is 0 Å². The van der Waals surface area contributed by atoms with Gasteiger partial charge >= 0.3 is 5.97 Å². The highest BCUT2D eigenvalue weighted by atomic mass is 79.9. The van der Waals surface area contributed by atoms with Gasteiger partial charge in [0.25, 0.3) is 0 Å². The van der Waals surface area contributed by atoms with Crippen LogP contribution in [-0.2, 0) is 0 Å². The summed E-state index contributed by atoms with van der Waals surface area (Å²) in [6.45, 7) is 0. The number of benzene rings is 2. The predicted molar refractivity (Wildman–Crippen MR) is 107 cm³/mol. The Labute approximate surface area is 166 Å². The summed E-state index contributed by atoms with van der Waals surface area (Å²) in [6.07, 6.45) is 5.27. The van der Waals surface area contributed by atoms with Gasteiger partial charge in [-0.15, -0.1) is 0 Å². The van der Waals surface area contributed by atoms with Crippen LogP contribution in [0.4, 0.5) is 5.69 Å². The van der Waals surface area contributed by atoms with Crippen LogP contribution in [0.5, 0.6) is 11.5 Å². The first-order valence-corrected chi connectivity index (χ1v) is 9.55. The van der Waals surface area contributed by atoms with Crippen molar-refractivity contribution in [1.29, 1.82) is 0 Å². The molecule has 0 fully saturated rings. The number of fused-ring (bicyclic) bond motifs is 3. The van der Waals surface area contributed by atoms with Crippen LogP contribution >= 0.6 is 15.9 Å². The molecule has 0 amide bonds. The molecule has 27 heavy (non-hydrogen) atoms. The van der Waals surface area contributed by atoms with Crippen molar-refractivity contribution >= 4 is 27.6 Å². The Kier molecular flexibility index (Phi) is 4.60. The van der Waals surface area contributed by atoms with E-state index in [4.69, 9.17) is 9.47 Å². The van der Waals surface area contributed by atoms with Crippen molar-refractivity contribution in [3.05, 3.63) is 63.6 Å². The highest BCUT2D eigenvalue weighted by molar-refractivity contribution is 9.10. The quantitative estimate of drug-likeness (QED) is 0.669. The fourth-order valence-electron chi connectivity index (χ4n) is 4.30. The van der Waals surface area contributed by atoms with Gasteiger partial charge in [-0.3, -0.25) is 0 Å². The molecule has 4 rings (SSSR count). The summed E-state index contributed by atoms with van der Waals surface area (Å²) in [6, 6.07) is 9.39. The number of carboxylic acid groups (broad SMARTS) is 1. The van der Waals surface area contributed by atoms with Gasteiger partial charge in [-0.25, -0.2) is 4.79 Å². The number of allylic oxidation sites excluding steroid dienone is 2. The Balaban J connectivity index is 1.89. The van der Waals surface area contributed by atoms with Crippen LogP contribution in [0.15, 0.2) is 47.0 Å². The molecule has 2 aromatic carbocycles. The lowest BCUT2D eigenvalue weighted by atomic mass is 9.76. The van der Waals surface area contributed by atoms with E-state index in [-0.39, 0.29) is 23.4 Å². The first kappa shape index (κ1) is 17.9. The maximum Gasteiger partial charge on any atom is 0.337 e. The fraction of sp³-hybridized carbons (Fsp3) is 0.286. The number of rotatable bonds is 4. The molecule has 0 radical (unpaired) electrons. The van der Waals surface area contributed by atoms with E-state index in [9.17, 15) is 9.90 Å². The number of carbonyl (C=O) groups is 1. The number of anilines is 1. The third kappa shape index (κ3) is 2.88. The van der Waals surface area contributed by atoms with Gasteiger partial charge in [0.2, 0.25) is 0 Å². The highest BCUT2D eigenvalue weighted by Gasteiger charge is 2.41. The predicted octanol–water partition coefficient (Wildman–Crippen LogP) is 4.99. The second kappa shape index (κ2) is 6.93. The van der Waals surface area contributed by atoms with Crippen molar-refractivity contribution < 1.29 is 19.4 Å². The average Bonchev–Trinajstić information content (AvgIpc) is 3.16. The molecular formula is C21H20BrNO4. The highest BCUT2D eigenvalue weighted by Crippen LogP contribution is 2.53. The van der Waals surface area contributed by atoms with Crippen molar-refractivity contribution in [3.8, 4) is 11.5 Å². The molecule has 5 nitrogen and oxygen atoms in total. The van der Waals surface area contributed by atoms with Crippen LogP contribution < -0.4 is 14.8 Å². The molecule has 2 aromatic rings. The molecule has 140 valence electrons. The van der Waals surface area contributed by atoms with Crippen molar-refractivity contribution in [1.82, 2.24) is 0 Å². The summed E-state index contributed by atoms with van der Waals surface area (Å²) >= 11 is 3.46. The molecule has 2 N–H and O–H groups in total. The van der Waals surface area contributed by atoms with Crippen LogP contribution in [0.25, 0.3) is 0 Å². The molecule has 0 spiro atoms. The Bertz CT molecular complexity index is 940. The lowest BCUT2D eigenvalue weighted by Gasteiger charge is -2.38. The number of halogens is 1. The van der Waals surface area contributed by atoms with E-state index in [1.807, 2.05) is 24.3 Å². The maximum atomic E-state index is 11.9. The molecule has 0 saturated carbocycles. The Morgan fingerprint density at radius 1 is 1.22 bits per heavy atom. The van der Waals surface area contributed by atoms with Gasteiger partial charge in [0, 0.05) is 16.0 Å². The molecule has 0 aromatic heterocycles. The molecule has 0 saturated heterocycles. The molecule has 1 heterocycles. The number of ether oxygens (including phenoxy) is 2. The second-order valence-corrected chi connectivity index (χ2v) is 7.70. The topological polar surface area (TPSA) is 67.8 Å². The molecule has 0 unspecified atom stereocenters. The second-order valence-electron chi connectivity index (χ2n) is 6.78. The lowest BCUT2D eigenvalue weighted by Crippen LogP contribution is -2.30.